The lowest BCUT2D eigenvalue weighted by Crippen LogP contribution is -2.50. The van der Waals surface area contributed by atoms with E-state index < -0.39 is 0 Å². The summed E-state index contributed by atoms with van der Waals surface area (Å²) in [5.74, 6) is 0.285. The van der Waals surface area contributed by atoms with Crippen molar-refractivity contribution in [3.63, 3.8) is 0 Å². The van der Waals surface area contributed by atoms with Crippen LogP contribution in [0.3, 0.4) is 0 Å². The molecule has 3 rings (SSSR count). The van der Waals surface area contributed by atoms with Gasteiger partial charge in [0.05, 0.1) is 12.0 Å². The Labute approximate surface area is 149 Å². The maximum Gasteiger partial charge on any atom is 0.230 e. The molecule has 1 aromatic heterocycles. The van der Waals surface area contributed by atoms with E-state index in [0.717, 1.165) is 55.7 Å². The predicted molar refractivity (Wildman–Crippen MR) is 96.6 cm³/mol. The molecule has 0 radical (unpaired) electrons. The molecule has 2 saturated heterocycles. The van der Waals surface area contributed by atoms with Crippen LogP contribution in [-0.4, -0.2) is 60.6 Å². The Morgan fingerprint density at radius 3 is 2.80 bits per heavy atom. The zero-order chi connectivity index (χ0) is 18.0. The Morgan fingerprint density at radius 2 is 2.04 bits per heavy atom. The van der Waals surface area contributed by atoms with Crippen molar-refractivity contribution < 1.29 is 9.53 Å². The van der Waals surface area contributed by atoms with E-state index in [0.29, 0.717) is 19.7 Å². The van der Waals surface area contributed by atoms with Gasteiger partial charge in [0.25, 0.3) is 0 Å². The van der Waals surface area contributed by atoms with E-state index in [9.17, 15) is 9.59 Å². The third-order valence-electron chi connectivity index (χ3n) is 5.82. The summed E-state index contributed by atoms with van der Waals surface area (Å²) >= 11 is 0. The fourth-order valence-electron chi connectivity index (χ4n) is 4.23. The first-order valence-electron chi connectivity index (χ1n) is 9.15. The van der Waals surface area contributed by atoms with Crippen LogP contribution in [0.5, 0.6) is 0 Å². The van der Waals surface area contributed by atoms with Crippen molar-refractivity contribution >= 4 is 5.91 Å². The molecular weight excluding hydrogens is 318 g/mol. The van der Waals surface area contributed by atoms with E-state index in [-0.39, 0.29) is 16.8 Å². The van der Waals surface area contributed by atoms with Crippen molar-refractivity contribution in [2.45, 2.75) is 39.7 Å². The van der Waals surface area contributed by atoms with Gasteiger partial charge in [-0.25, -0.2) is 0 Å². The molecule has 138 valence electrons. The van der Waals surface area contributed by atoms with Crippen molar-refractivity contribution in [3.05, 3.63) is 33.2 Å². The molecule has 25 heavy (non-hydrogen) atoms. The van der Waals surface area contributed by atoms with Crippen molar-refractivity contribution in [1.29, 1.82) is 0 Å². The highest BCUT2D eigenvalue weighted by Crippen LogP contribution is 2.40. The SMILES string of the molecule is COCCN1CCC[C@@]2(CCN(Cc3[nH]cc(C)c(=O)c3C)C2)C1=O. The molecular formula is C19H29N3O3. The summed E-state index contributed by atoms with van der Waals surface area (Å²) in [6.07, 6.45) is 4.72. The summed E-state index contributed by atoms with van der Waals surface area (Å²) in [7, 11) is 1.67. The number of rotatable bonds is 5. The highest BCUT2D eigenvalue weighted by Gasteiger charge is 2.48. The van der Waals surface area contributed by atoms with Gasteiger partial charge in [0.15, 0.2) is 5.43 Å². The number of nitrogens with zero attached hydrogens (tertiary/aromatic N) is 2. The van der Waals surface area contributed by atoms with Gasteiger partial charge in [-0.3, -0.25) is 14.5 Å². The van der Waals surface area contributed by atoms with Crippen LogP contribution >= 0.6 is 0 Å². The fourth-order valence-corrected chi connectivity index (χ4v) is 4.23. The molecule has 0 saturated carbocycles. The first kappa shape index (κ1) is 18.1. The van der Waals surface area contributed by atoms with E-state index in [1.165, 1.54) is 0 Å². The minimum atomic E-state index is -0.245. The Balaban J connectivity index is 1.69. The zero-order valence-electron chi connectivity index (χ0n) is 15.6. The van der Waals surface area contributed by atoms with Crippen LogP contribution in [0, 0.1) is 19.3 Å². The van der Waals surface area contributed by atoms with Gasteiger partial charge in [-0.2, -0.15) is 0 Å². The van der Waals surface area contributed by atoms with Gasteiger partial charge in [0, 0.05) is 56.3 Å². The number of aromatic nitrogens is 1. The average molecular weight is 347 g/mol. The number of aryl methyl sites for hydroxylation is 1. The molecule has 0 aromatic carbocycles. The molecule has 1 atom stereocenters. The largest absolute Gasteiger partial charge is 0.383 e. The number of H-pyrrole nitrogens is 1. The third kappa shape index (κ3) is 3.51. The summed E-state index contributed by atoms with van der Waals surface area (Å²) < 4.78 is 5.14. The molecule has 1 amide bonds. The van der Waals surface area contributed by atoms with Gasteiger partial charge in [0.2, 0.25) is 5.91 Å². The van der Waals surface area contributed by atoms with E-state index in [4.69, 9.17) is 4.74 Å². The molecule has 6 heteroatoms. The molecule has 2 fully saturated rings. The highest BCUT2D eigenvalue weighted by atomic mass is 16.5. The second-order valence-electron chi connectivity index (χ2n) is 7.53. The highest BCUT2D eigenvalue weighted by molar-refractivity contribution is 5.84. The zero-order valence-corrected chi connectivity index (χ0v) is 15.6. The number of carbonyl (C=O) groups is 1. The van der Waals surface area contributed by atoms with E-state index in [2.05, 4.69) is 9.88 Å². The predicted octanol–water partition coefficient (Wildman–Crippen LogP) is 1.45. The van der Waals surface area contributed by atoms with Crippen molar-refractivity contribution in [1.82, 2.24) is 14.8 Å². The molecule has 1 aromatic rings. The van der Waals surface area contributed by atoms with E-state index >= 15 is 0 Å². The first-order chi connectivity index (χ1) is 12.0. The van der Waals surface area contributed by atoms with Crippen molar-refractivity contribution in [3.8, 4) is 0 Å². The smallest absolute Gasteiger partial charge is 0.230 e. The van der Waals surface area contributed by atoms with Crippen LogP contribution in [0.2, 0.25) is 0 Å². The van der Waals surface area contributed by atoms with Gasteiger partial charge in [0.1, 0.15) is 0 Å². The molecule has 0 aliphatic carbocycles. The number of aromatic amines is 1. The second-order valence-corrected chi connectivity index (χ2v) is 7.53. The van der Waals surface area contributed by atoms with E-state index in [1.807, 2.05) is 18.7 Å². The van der Waals surface area contributed by atoms with Gasteiger partial charge < -0.3 is 14.6 Å². The van der Waals surface area contributed by atoms with Crippen molar-refractivity contribution in [2.24, 2.45) is 5.41 Å². The van der Waals surface area contributed by atoms with Crippen LogP contribution < -0.4 is 5.43 Å². The van der Waals surface area contributed by atoms with Gasteiger partial charge in [-0.1, -0.05) is 0 Å². The summed E-state index contributed by atoms with van der Waals surface area (Å²) in [5, 5.41) is 0. The fraction of sp³-hybridized carbons (Fsp3) is 0.684. The van der Waals surface area contributed by atoms with Gasteiger partial charge >= 0.3 is 0 Å². The molecule has 6 nitrogen and oxygen atoms in total. The van der Waals surface area contributed by atoms with E-state index in [1.54, 1.807) is 13.3 Å². The minimum Gasteiger partial charge on any atom is -0.383 e. The van der Waals surface area contributed by atoms with Crippen LogP contribution in [-0.2, 0) is 16.1 Å². The third-order valence-corrected chi connectivity index (χ3v) is 5.82. The lowest BCUT2D eigenvalue weighted by Gasteiger charge is -2.39. The lowest BCUT2D eigenvalue weighted by molar-refractivity contribution is -0.146. The standard InChI is InChI=1S/C19H29N3O3/c1-14-11-20-16(15(2)17(14)23)12-21-8-6-19(13-21)5-4-7-22(18(19)24)9-10-25-3/h11H,4-10,12-13H2,1-3H3,(H,20,23)/t19-/m0/s1. The number of hydrogen-bond donors (Lipinski definition) is 1. The monoisotopic (exact) mass is 347 g/mol. The maximum absolute atomic E-state index is 13.0. The topological polar surface area (TPSA) is 65.6 Å². The molecule has 0 bridgehead atoms. The van der Waals surface area contributed by atoms with Gasteiger partial charge in [-0.15, -0.1) is 0 Å². The Morgan fingerprint density at radius 1 is 1.24 bits per heavy atom. The van der Waals surface area contributed by atoms with Crippen molar-refractivity contribution in [2.75, 3.05) is 39.9 Å². The maximum atomic E-state index is 13.0. The number of carbonyl (C=O) groups excluding carboxylic acids is 1. The first-order valence-corrected chi connectivity index (χ1v) is 9.15. The molecule has 0 unspecified atom stereocenters. The Kier molecular flexibility index (Phi) is 5.29. The second kappa shape index (κ2) is 7.30. The number of pyridine rings is 1. The molecule has 2 aliphatic rings. The molecule has 3 heterocycles. The number of likely N-dealkylation sites (tertiary alicyclic amines) is 2. The molecule has 1 N–H and O–H groups in total. The van der Waals surface area contributed by atoms with Crippen LogP contribution in [0.25, 0.3) is 0 Å². The number of piperidine rings is 1. The molecule has 1 spiro atoms. The summed E-state index contributed by atoms with van der Waals surface area (Å²) in [5.41, 5.74) is 2.37. The summed E-state index contributed by atoms with van der Waals surface area (Å²) in [6, 6.07) is 0. The van der Waals surface area contributed by atoms with Crippen LogP contribution in [0.1, 0.15) is 36.1 Å². The normalized spacial score (nSPS) is 24.4. The Hall–Kier alpha value is -1.66. The van der Waals surface area contributed by atoms with Crippen LogP contribution in [0.4, 0.5) is 0 Å². The summed E-state index contributed by atoms with van der Waals surface area (Å²) in [6.45, 7) is 8.21. The number of nitrogens with one attached hydrogen (secondary N) is 1. The van der Waals surface area contributed by atoms with Crippen LogP contribution in [0.15, 0.2) is 11.0 Å². The lowest BCUT2D eigenvalue weighted by atomic mass is 9.78. The Bertz CT molecular complexity index is 700. The number of methoxy groups -OCH3 is 1. The number of hydrogen-bond acceptors (Lipinski definition) is 4. The quantitative estimate of drug-likeness (QED) is 0.876. The average Bonchev–Trinajstić information content (AvgIpc) is 3.01. The minimum absolute atomic E-state index is 0.113. The summed E-state index contributed by atoms with van der Waals surface area (Å²) in [4.78, 5) is 32.7. The number of amides is 1. The molecule has 2 aliphatic heterocycles. The van der Waals surface area contributed by atoms with Gasteiger partial charge in [-0.05, 0) is 39.7 Å². The number of ether oxygens (including phenoxy) is 1.